The van der Waals surface area contributed by atoms with Crippen LogP contribution in [0.3, 0.4) is 0 Å². The van der Waals surface area contributed by atoms with E-state index in [0.29, 0.717) is 12.0 Å². The third kappa shape index (κ3) is 3.62. The van der Waals surface area contributed by atoms with Crippen LogP contribution in [0.1, 0.15) is 46.0 Å². The molecule has 1 aromatic rings. The minimum absolute atomic E-state index is 0.596. The van der Waals surface area contributed by atoms with Gasteiger partial charge in [0.1, 0.15) is 5.82 Å². The molecule has 1 saturated carbocycles. The molecule has 0 aliphatic heterocycles. The summed E-state index contributed by atoms with van der Waals surface area (Å²) in [7, 11) is 2.15. The summed E-state index contributed by atoms with van der Waals surface area (Å²) in [4.78, 5) is 11.2. The molecule has 20 heavy (non-hydrogen) atoms. The number of hydrogen-bond acceptors (Lipinski definition) is 4. The number of nitrogens with one attached hydrogen (secondary N) is 1. The topological polar surface area (TPSA) is 41.1 Å². The number of aromatic nitrogens is 2. The van der Waals surface area contributed by atoms with Gasteiger partial charge in [-0.1, -0.05) is 13.3 Å². The Morgan fingerprint density at radius 2 is 2.00 bits per heavy atom. The smallest absolute Gasteiger partial charge is 0.224 e. The van der Waals surface area contributed by atoms with Crippen molar-refractivity contribution in [2.75, 3.05) is 23.8 Å². The van der Waals surface area contributed by atoms with Crippen LogP contribution in [0.5, 0.6) is 0 Å². The third-order valence-electron chi connectivity index (χ3n) is 4.34. The van der Waals surface area contributed by atoms with Crippen molar-refractivity contribution in [2.24, 2.45) is 5.92 Å². The second kappa shape index (κ2) is 7.25. The number of nitrogens with zero attached hydrogens (tertiary/aromatic N) is 3. The Balaban J connectivity index is 2.08. The standard InChI is InChI=1S/C15H25BrN4/c1-4-11-6-8-12(9-7-11)20(3)14-13(16)10-18-15(19-14)17-5-2/h10-12H,4-9H2,1-3H3,(H,17,18,19). The summed E-state index contributed by atoms with van der Waals surface area (Å²) in [6.45, 7) is 5.20. The Morgan fingerprint density at radius 3 is 2.60 bits per heavy atom. The molecule has 1 fully saturated rings. The summed E-state index contributed by atoms with van der Waals surface area (Å²) in [5.41, 5.74) is 0. The molecule has 4 nitrogen and oxygen atoms in total. The van der Waals surface area contributed by atoms with E-state index in [9.17, 15) is 0 Å². The molecule has 0 aromatic carbocycles. The Labute approximate surface area is 130 Å². The highest BCUT2D eigenvalue weighted by Crippen LogP contribution is 2.33. The largest absolute Gasteiger partial charge is 0.356 e. The van der Waals surface area contributed by atoms with Crippen LogP contribution in [-0.2, 0) is 0 Å². The average Bonchev–Trinajstić information content (AvgIpc) is 2.49. The monoisotopic (exact) mass is 340 g/mol. The lowest BCUT2D eigenvalue weighted by Crippen LogP contribution is -2.36. The second-order valence-electron chi connectivity index (χ2n) is 5.59. The first-order valence-electron chi connectivity index (χ1n) is 7.64. The molecule has 2 rings (SSSR count). The van der Waals surface area contributed by atoms with Crippen LogP contribution in [0.15, 0.2) is 10.7 Å². The SMILES string of the molecule is CCNc1ncc(Br)c(N(C)C2CCC(CC)CC2)n1. The molecule has 0 radical (unpaired) electrons. The molecule has 1 N–H and O–H groups in total. The van der Waals surface area contributed by atoms with Gasteiger partial charge in [-0.3, -0.25) is 0 Å². The molecule has 1 aromatic heterocycles. The molecular formula is C15H25BrN4. The van der Waals surface area contributed by atoms with Gasteiger partial charge in [-0.15, -0.1) is 0 Å². The zero-order valence-electron chi connectivity index (χ0n) is 12.7. The third-order valence-corrected chi connectivity index (χ3v) is 4.90. The molecule has 5 heteroatoms. The van der Waals surface area contributed by atoms with Crippen LogP contribution in [0.2, 0.25) is 0 Å². The zero-order valence-corrected chi connectivity index (χ0v) is 14.3. The average molecular weight is 341 g/mol. The molecule has 0 unspecified atom stereocenters. The minimum atomic E-state index is 0.596. The Bertz CT molecular complexity index is 430. The van der Waals surface area contributed by atoms with Crippen molar-refractivity contribution in [1.29, 1.82) is 0 Å². The predicted molar refractivity (Wildman–Crippen MR) is 88.3 cm³/mol. The van der Waals surface area contributed by atoms with Gasteiger partial charge in [-0.25, -0.2) is 4.98 Å². The summed E-state index contributed by atoms with van der Waals surface area (Å²) in [6.07, 6.45) is 8.37. The zero-order chi connectivity index (χ0) is 14.5. The highest BCUT2D eigenvalue weighted by molar-refractivity contribution is 9.10. The van der Waals surface area contributed by atoms with E-state index in [2.05, 4.69) is 57.0 Å². The first-order chi connectivity index (χ1) is 9.65. The van der Waals surface area contributed by atoms with Crippen molar-refractivity contribution < 1.29 is 0 Å². The highest BCUT2D eigenvalue weighted by atomic mass is 79.9. The van der Waals surface area contributed by atoms with Crippen molar-refractivity contribution in [3.8, 4) is 0 Å². The lowest BCUT2D eigenvalue weighted by molar-refractivity contribution is 0.313. The predicted octanol–water partition coefficient (Wildman–Crippen LogP) is 4.08. The van der Waals surface area contributed by atoms with Crippen LogP contribution in [0.25, 0.3) is 0 Å². The Morgan fingerprint density at radius 1 is 1.30 bits per heavy atom. The molecule has 0 bridgehead atoms. The van der Waals surface area contributed by atoms with Crippen LogP contribution in [0, 0.1) is 5.92 Å². The van der Waals surface area contributed by atoms with Crippen molar-refractivity contribution >= 4 is 27.7 Å². The molecule has 1 aliphatic rings. The van der Waals surface area contributed by atoms with E-state index in [0.717, 1.165) is 22.8 Å². The summed E-state index contributed by atoms with van der Waals surface area (Å²) in [6, 6.07) is 0.596. The molecule has 0 saturated heterocycles. The van der Waals surface area contributed by atoms with Crippen LogP contribution >= 0.6 is 15.9 Å². The number of anilines is 2. The molecule has 112 valence electrons. The van der Waals surface area contributed by atoms with E-state index < -0.39 is 0 Å². The molecule has 0 amide bonds. The van der Waals surface area contributed by atoms with E-state index in [4.69, 9.17) is 0 Å². The van der Waals surface area contributed by atoms with E-state index in [1.807, 2.05) is 6.20 Å². The highest BCUT2D eigenvalue weighted by Gasteiger charge is 2.25. The maximum Gasteiger partial charge on any atom is 0.224 e. The van der Waals surface area contributed by atoms with Gasteiger partial charge in [-0.05, 0) is 54.5 Å². The fourth-order valence-corrected chi connectivity index (χ4v) is 3.43. The van der Waals surface area contributed by atoms with Gasteiger partial charge in [0.2, 0.25) is 5.95 Å². The van der Waals surface area contributed by atoms with E-state index >= 15 is 0 Å². The van der Waals surface area contributed by atoms with Crippen LogP contribution in [-0.4, -0.2) is 29.6 Å². The van der Waals surface area contributed by atoms with Gasteiger partial charge in [0.05, 0.1) is 4.47 Å². The van der Waals surface area contributed by atoms with Gasteiger partial charge in [0, 0.05) is 25.8 Å². The molecule has 0 atom stereocenters. The van der Waals surface area contributed by atoms with E-state index in [1.165, 1.54) is 32.1 Å². The van der Waals surface area contributed by atoms with Gasteiger partial charge in [-0.2, -0.15) is 4.98 Å². The fraction of sp³-hybridized carbons (Fsp3) is 0.733. The molecule has 1 aliphatic carbocycles. The van der Waals surface area contributed by atoms with Crippen molar-refractivity contribution in [2.45, 2.75) is 52.0 Å². The Hall–Kier alpha value is -0.840. The van der Waals surface area contributed by atoms with Crippen LogP contribution in [0.4, 0.5) is 11.8 Å². The first kappa shape index (κ1) is 15.5. The lowest BCUT2D eigenvalue weighted by atomic mass is 9.84. The summed E-state index contributed by atoms with van der Waals surface area (Å²) in [5.74, 6) is 2.63. The summed E-state index contributed by atoms with van der Waals surface area (Å²) < 4.78 is 0.972. The van der Waals surface area contributed by atoms with E-state index in [-0.39, 0.29) is 0 Å². The van der Waals surface area contributed by atoms with Crippen molar-refractivity contribution in [3.05, 3.63) is 10.7 Å². The maximum atomic E-state index is 4.63. The first-order valence-corrected chi connectivity index (χ1v) is 8.44. The maximum absolute atomic E-state index is 4.63. The van der Waals surface area contributed by atoms with Crippen molar-refractivity contribution in [1.82, 2.24) is 9.97 Å². The van der Waals surface area contributed by atoms with Crippen LogP contribution < -0.4 is 10.2 Å². The summed E-state index contributed by atoms with van der Waals surface area (Å²) >= 11 is 3.58. The number of hydrogen-bond donors (Lipinski definition) is 1. The molecule has 1 heterocycles. The summed E-state index contributed by atoms with van der Waals surface area (Å²) in [5, 5.41) is 3.18. The van der Waals surface area contributed by atoms with Gasteiger partial charge >= 0.3 is 0 Å². The number of halogens is 1. The second-order valence-corrected chi connectivity index (χ2v) is 6.44. The number of rotatable bonds is 5. The lowest BCUT2D eigenvalue weighted by Gasteiger charge is -2.35. The quantitative estimate of drug-likeness (QED) is 0.876. The van der Waals surface area contributed by atoms with Crippen molar-refractivity contribution in [3.63, 3.8) is 0 Å². The normalized spacial score (nSPS) is 22.6. The molecule has 0 spiro atoms. The minimum Gasteiger partial charge on any atom is -0.356 e. The molecular weight excluding hydrogens is 316 g/mol. The Kier molecular flexibility index (Phi) is 5.64. The van der Waals surface area contributed by atoms with Gasteiger partial charge < -0.3 is 10.2 Å². The fourth-order valence-electron chi connectivity index (χ4n) is 2.96. The van der Waals surface area contributed by atoms with Gasteiger partial charge in [0.25, 0.3) is 0 Å². The van der Waals surface area contributed by atoms with E-state index in [1.54, 1.807) is 0 Å². The van der Waals surface area contributed by atoms with Gasteiger partial charge in [0.15, 0.2) is 0 Å².